The van der Waals surface area contributed by atoms with Crippen molar-refractivity contribution in [1.82, 2.24) is 0 Å². The Bertz CT molecular complexity index is 800. The summed E-state index contributed by atoms with van der Waals surface area (Å²) in [6.45, 7) is 3.72. The fourth-order valence-electron chi connectivity index (χ4n) is 2.53. The van der Waals surface area contributed by atoms with Gasteiger partial charge in [0, 0.05) is 11.1 Å². The molecule has 0 amide bonds. The summed E-state index contributed by atoms with van der Waals surface area (Å²) in [5.74, 6) is -0.150. The number of hydrogen-bond acceptors (Lipinski definition) is 3. The average Bonchev–Trinajstić information content (AvgIpc) is 2.74. The molecule has 3 heteroatoms. The van der Waals surface area contributed by atoms with Crippen LogP contribution >= 0.6 is 0 Å². The van der Waals surface area contributed by atoms with Crippen molar-refractivity contribution in [3.05, 3.63) is 70.8 Å². The van der Waals surface area contributed by atoms with Crippen LogP contribution in [0.5, 0.6) is 0 Å². The van der Waals surface area contributed by atoms with Gasteiger partial charge in [0.05, 0.1) is 17.0 Å². The van der Waals surface area contributed by atoms with Crippen molar-refractivity contribution < 1.29 is 9.90 Å². The predicted octanol–water partition coefficient (Wildman–Crippen LogP) is 4.25. The Morgan fingerprint density at radius 3 is 2.29 bits per heavy atom. The summed E-state index contributed by atoms with van der Waals surface area (Å²) in [4.78, 5) is 16.9. The Labute approximate surface area is 123 Å². The zero-order valence-corrected chi connectivity index (χ0v) is 11.9. The first-order valence-electron chi connectivity index (χ1n) is 6.78. The molecule has 0 aliphatic heterocycles. The minimum atomic E-state index is -0.169. The summed E-state index contributed by atoms with van der Waals surface area (Å²) in [6, 6.07) is 14.8. The molecule has 3 rings (SSSR count). The summed E-state index contributed by atoms with van der Waals surface area (Å²) >= 11 is 0. The summed E-state index contributed by atoms with van der Waals surface area (Å²) < 4.78 is 0. The van der Waals surface area contributed by atoms with Gasteiger partial charge >= 0.3 is 0 Å². The van der Waals surface area contributed by atoms with E-state index in [-0.39, 0.29) is 11.5 Å². The summed E-state index contributed by atoms with van der Waals surface area (Å²) in [5, 5.41) is 10.3. The lowest BCUT2D eigenvalue weighted by atomic mass is 10.1. The standard InChI is InChI=1S/C18H15NO2/c1-11-7-3-6-10-15(11)19-12(2)16-17(20)13-8-4-5-9-14(13)18(16)21/h3-10,20H,1-2H3. The number of para-hydroxylation sites is 1. The molecule has 0 unspecified atom stereocenters. The number of carbonyl (C=O) groups excluding carboxylic acids is 1. The lowest BCUT2D eigenvalue weighted by Crippen LogP contribution is -2.07. The first-order valence-corrected chi connectivity index (χ1v) is 6.78. The molecule has 1 aliphatic rings. The van der Waals surface area contributed by atoms with E-state index in [4.69, 9.17) is 0 Å². The Balaban J connectivity index is 2.08. The number of fused-ring (bicyclic) bond motifs is 1. The van der Waals surface area contributed by atoms with Gasteiger partial charge in [-0.25, -0.2) is 0 Å². The third-order valence-electron chi connectivity index (χ3n) is 3.66. The van der Waals surface area contributed by atoms with Crippen molar-refractivity contribution in [1.29, 1.82) is 0 Å². The fourth-order valence-corrected chi connectivity index (χ4v) is 2.53. The summed E-state index contributed by atoms with van der Waals surface area (Å²) in [5.41, 5.74) is 3.77. The summed E-state index contributed by atoms with van der Waals surface area (Å²) in [6.07, 6.45) is 0. The van der Waals surface area contributed by atoms with Crippen molar-refractivity contribution in [2.24, 2.45) is 4.99 Å². The molecule has 0 radical (unpaired) electrons. The maximum Gasteiger partial charge on any atom is 0.199 e. The molecule has 21 heavy (non-hydrogen) atoms. The van der Waals surface area contributed by atoms with Crippen LogP contribution in [0, 0.1) is 6.92 Å². The van der Waals surface area contributed by atoms with Gasteiger partial charge < -0.3 is 5.11 Å². The van der Waals surface area contributed by atoms with Crippen molar-refractivity contribution >= 4 is 22.9 Å². The number of aliphatic hydroxyl groups is 1. The molecule has 0 fully saturated rings. The number of aliphatic imine (C=N–C) groups is 1. The Morgan fingerprint density at radius 2 is 1.62 bits per heavy atom. The van der Waals surface area contributed by atoms with E-state index in [1.54, 1.807) is 31.2 Å². The van der Waals surface area contributed by atoms with Gasteiger partial charge in [-0.3, -0.25) is 9.79 Å². The van der Waals surface area contributed by atoms with Gasteiger partial charge in [0.25, 0.3) is 0 Å². The fraction of sp³-hybridized carbons (Fsp3) is 0.111. The van der Waals surface area contributed by atoms with Crippen molar-refractivity contribution in [3.8, 4) is 0 Å². The van der Waals surface area contributed by atoms with Gasteiger partial charge in [0.2, 0.25) is 0 Å². The van der Waals surface area contributed by atoms with E-state index in [1.165, 1.54) is 0 Å². The monoisotopic (exact) mass is 277 g/mol. The van der Waals surface area contributed by atoms with Crippen LogP contribution in [-0.4, -0.2) is 16.6 Å². The van der Waals surface area contributed by atoms with E-state index in [0.717, 1.165) is 11.3 Å². The highest BCUT2D eigenvalue weighted by Gasteiger charge is 2.30. The molecule has 0 heterocycles. The molecular weight excluding hydrogens is 262 g/mol. The van der Waals surface area contributed by atoms with Gasteiger partial charge in [-0.1, -0.05) is 42.5 Å². The molecule has 0 saturated carbocycles. The van der Waals surface area contributed by atoms with Crippen molar-refractivity contribution in [2.45, 2.75) is 13.8 Å². The number of nitrogens with zero attached hydrogens (tertiary/aromatic N) is 1. The Hall–Kier alpha value is -2.68. The van der Waals surface area contributed by atoms with Crippen LogP contribution in [0.15, 0.2) is 59.1 Å². The zero-order chi connectivity index (χ0) is 15.0. The maximum atomic E-state index is 12.4. The van der Waals surface area contributed by atoms with Crippen LogP contribution in [0.4, 0.5) is 5.69 Å². The number of aliphatic hydroxyl groups excluding tert-OH is 1. The minimum absolute atomic E-state index is 0.0189. The average molecular weight is 277 g/mol. The van der Waals surface area contributed by atoms with Crippen LogP contribution in [0.25, 0.3) is 5.76 Å². The minimum Gasteiger partial charge on any atom is -0.506 e. The molecule has 0 saturated heterocycles. The van der Waals surface area contributed by atoms with Crippen LogP contribution < -0.4 is 0 Å². The second-order valence-electron chi connectivity index (χ2n) is 5.08. The molecule has 2 aromatic carbocycles. The molecule has 0 spiro atoms. The molecule has 2 aromatic rings. The molecule has 104 valence electrons. The number of Topliss-reactive ketones (excluding diaryl/α,β-unsaturated/α-hetero) is 1. The quantitative estimate of drug-likeness (QED) is 0.834. The SMILES string of the molecule is CC(=Nc1ccccc1C)C1=C(O)c2ccccc2C1=O. The molecule has 1 aliphatic carbocycles. The molecule has 1 N–H and O–H groups in total. The highest BCUT2D eigenvalue weighted by molar-refractivity contribution is 6.35. The predicted molar refractivity (Wildman–Crippen MR) is 84.3 cm³/mol. The van der Waals surface area contributed by atoms with Crippen LogP contribution in [0.3, 0.4) is 0 Å². The lowest BCUT2D eigenvalue weighted by Gasteiger charge is -2.04. The highest BCUT2D eigenvalue weighted by atomic mass is 16.3. The Morgan fingerprint density at radius 1 is 1.00 bits per heavy atom. The Kier molecular flexibility index (Phi) is 3.18. The lowest BCUT2D eigenvalue weighted by molar-refractivity contribution is 0.104. The number of carbonyl (C=O) groups is 1. The van der Waals surface area contributed by atoms with Gasteiger partial charge in [-0.15, -0.1) is 0 Å². The number of benzene rings is 2. The van der Waals surface area contributed by atoms with E-state index >= 15 is 0 Å². The van der Waals surface area contributed by atoms with Crippen LogP contribution in [0.1, 0.15) is 28.4 Å². The van der Waals surface area contributed by atoms with Gasteiger partial charge in [-0.05, 0) is 25.5 Å². The normalized spacial score (nSPS) is 14.6. The number of rotatable bonds is 2. The van der Waals surface area contributed by atoms with Crippen molar-refractivity contribution in [2.75, 3.05) is 0 Å². The highest BCUT2D eigenvalue weighted by Crippen LogP contribution is 2.32. The third-order valence-corrected chi connectivity index (χ3v) is 3.66. The van der Waals surface area contributed by atoms with E-state index in [1.807, 2.05) is 31.2 Å². The van der Waals surface area contributed by atoms with Gasteiger partial charge in [0.1, 0.15) is 5.76 Å². The molecular formula is C18H15NO2. The van der Waals surface area contributed by atoms with Gasteiger partial charge in [-0.2, -0.15) is 0 Å². The molecule has 0 aromatic heterocycles. The molecule has 0 atom stereocenters. The summed E-state index contributed by atoms with van der Waals surface area (Å²) in [7, 11) is 0. The smallest absolute Gasteiger partial charge is 0.199 e. The largest absolute Gasteiger partial charge is 0.506 e. The van der Waals surface area contributed by atoms with E-state index in [0.29, 0.717) is 22.4 Å². The van der Waals surface area contributed by atoms with E-state index in [2.05, 4.69) is 4.99 Å². The first kappa shape index (κ1) is 13.3. The zero-order valence-electron chi connectivity index (χ0n) is 11.9. The number of allylic oxidation sites excluding steroid dienone is 1. The molecule has 0 bridgehead atoms. The maximum absolute atomic E-state index is 12.4. The van der Waals surface area contributed by atoms with E-state index < -0.39 is 0 Å². The topological polar surface area (TPSA) is 49.7 Å². The van der Waals surface area contributed by atoms with E-state index in [9.17, 15) is 9.90 Å². The second-order valence-corrected chi connectivity index (χ2v) is 5.08. The number of aryl methyl sites for hydroxylation is 1. The van der Waals surface area contributed by atoms with Crippen LogP contribution in [-0.2, 0) is 0 Å². The molecule has 3 nitrogen and oxygen atoms in total. The third kappa shape index (κ3) is 2.17. The van der Waals surface area contributed by atoms with Gasteiger partial charge in [0.15, 0.2) is 5.78 Å². The first-order chi connectivity index (χ1) is 10.1. The number of ketones is 1. The second kappa shape index (κ2) is 5.02. The number of hydrogen-bond donors (Lipinski definition) is 1. The van der Waals surface area contributed by atoms with Crippen LogP contribution in [0.2, 0.25) is 0 Å². The van der Waals surface area contributed by atoms with Crippen molar-refractivity contribution in [3.63, 3.8) is 0 Å².